The molecule has 3 rings (SSSR count). The number of carbonyl (C=O) groups excluding carboxylic acids is 2. The van der Waals surface area contributed by atoms with E-state index in [0.29, 0.717) is 0 Å². The number of hydrogen-bond donors (Lipinski definition) is 0. The van der Waals surface area contributed by atoms with Gasteiger partial charge in [-0.25, -0.2) is 26.7 Å². The van der Waals surface area contributed by atoms with E-state index in [4.69, 9.17) is 4.74 Å². The van der Waals surface area contributed by atoms with Gasteiger partial charge in [0.1, 0.15) is 11.8 Å². The molecule has 1 atom stereocenters. The number of amides is 1. The van der Waals surface area contributed by atoms with Gasteiger partial charge in [0.2, 0.25) is 5.82 Å². The summed E-state index contributed by atoms with van der Waals surface area (Å²) < 4.78 is 78.4. The lowest BCUT2D eigenvalue weighted by Gasteiger charge is -2.33. The van der Waals surface area contributed by atoms with E-state index in [-0.39, 0.29) is 11.4 Å². The smallest absolute Gasteiger partial charge is 0.328 e. The largest absolute Gasteiger partial charge is 0.482 e. The van der Waals surface area contributed by atoms with Crippen LogP contribution in [-0.2, 0) is 14.3 Å². The molecule has 1 aliphatic rings. The minimum atomic E-state index is -2.28. The van der Waals surface area contributed by atoms with Crippen LogP contribution in [0.3, 0.4) is 0 Å². The average Bonchev–Trinajstić information content (AvgIpc) is 2.69. The Hall–Kier alpha value is -3.17. The molecule has 2 aromatic rings. The number of anilines is 1. The molecule has 0 N–H and O–H groups in total. The topological polar surface area (TPSA) is 55.8 Å². The van der Waals surface area contributed by atoms with Gasteiger partial charge in [-0.15, -0.1) is 0 Å². The summed E-state index contributed by atoms with van der Waals surface area (Å²) >= 11 is 0. The zero-order chi connectivity index (χ0) is 20.7. The third kappa shape index (κ3) is 2.94. The molecule has 0 saturated carbocycles. The van der Waals surface area contributed by atoms with Crippen molar-refractivity contribution >= 4 is 17.6 Å². The van der Waals surface area contributed by atoms with Crippen molar-refractivity contribution in [3.63, 3.8) is 0 Å². The second-order valence-electron chi connectivity index (χ2n) is 5.88. The number of carbonyl (C=O) groups is 2. The van der Waals surface area contributed by atoms with Crippen molar-refractivity contribution in [1.82, 2.24) is 0 Å². The molecule has 0 fully saturated rings. The molecular formula is C18H12F5NO4. The number of fused-ring (bicyclic) bond motifs is 1. The highest BCUT2D eigenvalue weighted by molar-refractivity contribution is 6.03. The van der Waals surface area contributed by atoms with E-state index in [1.54, 1.807) is 0 Å². The summed E-state index contributed by atoms with van der Waals surface area (Å²) in [4.78, 5) is 25.0. The highest BCUT2D eigenvalue weighted by atomic mass is 19.2. The Kier molecular flexibility index (Phi) is 4.97. The molecule has 2 aromatic carbocycles. The maximum atomic E-state index is 14.1. The Labute approximate surface area is 155 Å². The maximum Gasteiger partial charge on any atom is 0.328 e. The fourth-order valence-corrected chi connectivity index (χ4v) is 2.89. The third-order valence-corrected chi connectivity index (χ3v) is 4.27. The molecule has 0 radical (unpaired) electrons. The molecule has 1 heterocycles. The van der Waals surface area contributed by atoms with Crippen molar-refractivity contribution in [1.29, 1.82) is 0 Å². The molecule has 28 heavy (non-hydrogen) atoms. The zero-order valence-electron chi connectivity index (χ0n) is 14.5. The van der Waals surface area contributed by atoms with Crippen LogP contribution in [0.1, 0.15) is 6.92 Å². The van der Waals surface area contributed by atoms with Crippen LogP contribution in [0.25, 0.3) is 11.1 Å². The molecular weight excluding hydrogens is 389 g/mol. The monoisotopic (exact) mass is 401 g/mol. The summed E-state index contributed by atoms with van der Waals surface area (Å²) in [5.41, 5.74) is -1.63. The summed E-state index contributed by atoms with van der Waals surface area (Å²) in [5, 5.41) is 0. The lowest BCUT2D eigenvalue weighted by Crippen LogP contribution is -2.48. The minimum Gasteiger partial charge on any atom is -0.482 e. The minimum absolute atomic E-state index is 0.0735. The first kappa shape index (κ1) is 19.6. The second-order valence-corrected chi connectivity index (χ2v) is 5.88. The highest BCUT2D eigenvalue weighted by Crippen LogP contribution is 2.39. The van der Waals surface area contributed by atoms with E-state index >= 15 is 0 Å². The highest BCUT2D eigenvalue weighted by Gasteiger charge is 2.35. The predicted molar refractivity (Wildman–Crippen MR) is 86.1 cm³/mol. The van der Waals surface area contributed by atoms with E-state index < -0.39 is 64.7 Å². The summed E-state index contributed by atoms with van der Waals surface area (Å²) in [6.07, 6.45) is 0. The van der Waals surface area contributed by atoms with Gasteiger partial charge in [0.25, 0.3) is 5.91 Å². The maximum absolute atomic E-state index is 14.1. The molecule has 148 valence electrons. The van der Waals surface area contributed by atoms with Crippen molar-refractivity contribution in [3.05, 3.63) is 47.3 Å². The summed E-state index contributed by atoms with van der Waals surface area (Å²) in [5.74, 6) is -11.9. The third-order valence-electron chi connectivity index (χ3n) is 4.27. The molecule has 0 aliphatic carbocycles. The number of methoxy groups -OCH3 is 1. The van der Waals surface area contributed by atoms with E-state index in [9.17, 15) is 31.5 Å². The number of benzene rings is 2. The predicted octanol–water partition coefficient (Wildman–Crippen LogP) is 3.34. The van der Waals surface area contributed by atoms with Crippen LogP contribution in [0.2, 0.25) is 0 Å². The quantitative estimate of drug-likeness (QED) is 0.343. The van der Waals surface area contributed by atoms with Crippen molar-refractivity contribution in [2.24, 2.45) is 0 Å². The van der Waals surface area contributed by atoms with Crippen molar-refractivity contribution < 1.29 is 41.0 Å². The lowest BCUT2D eigenvalue weighted by molar-refractivity contribution is -0.143. The number of rotatable bonds is 3. The van der Waals surface area contributed by atoms with Crippen molar-refractivity contribution in [2.75, 3.05) is 18.6 Å². The first-order valence-corrected chi connectivity index (χ1v) is 7.87. The standard InChI is InChI=1S/C18H12F5NO4/c1-7(18(26)27-2)24-9-5-8(3-4-10(9)28-6-11(24)25)12-13(19)15(21)17(23)16(22)14(12)20/h3-5,7H,6H2,1-2H3/t7-/m0/s1. The van der Waals surface area contributed by atoms with Gasteiger partial charge in [0.15, 0.2) is 29.9 Å². The Morgan fingerprint density at radius 2 is 1.64 bits per heavy atom. The Balaban J connectivity index is 2.20. The first-order valence-electron chi connectivity index (χ1n) is 7.87. The fourth-order valence-electron chi connectivity index (χ4n) is 2.89. The number of halogens is 5. The second kappa shape index (κ2) is 7.10. The molecule has 5 nitrogen and oxygen atoms in total. The average molecular weight is 401 g/mol. The molecule has 1 amide bonds. The van der Waals surface area contributed by atoms with Crippen molar-refractivity contribution in [3.8, 4) is 16.9 Å². The first-order chi connectivity index (χ1) is 13.2. The molecule has 0 spiro atoms. The van der Waals surface area contributed by atoms with Gasteiger partial charge in [-0.1, -0.05) is 6.07 Å². The SMILES string of the molecule is COC(=O)[C@H](C)N1C(=O)COc2ccc(-c3c(F)c(F)c(F)c(F)c3F)cc21. The van der Waals surface area contributed by atoms with Gasteiger partial charge in [-0.3, -0.25) is 9.69 Å². The van der Waals surface area contributed by atoms with E-state index in [1.807, 2.05) is 0 Å². The van der Waals surface area contributed by atoms with Crippen LogP contribution in [0.4, 0.5) is 27.6 Å². The molecule has 0 unspecified atom stereocenters. The van der Waals surface area contributed by atoms with Gasteiger partial charge >= 0.3 is 5.97 Å². The van der Waals surface area contributed by atoms with Gasteiger partial charge in [0, 0.05) is 0 Å². The van der Waals surface area contributed by atoms with Gasteiger partial charge in [0.05, 0.1) is 18.4 Å². The summed E-state index contributed by atoms with van der Waals surface area (Å²) in [6.45, 7) is 0.945. The van der Waals surface area contributed by atoms with Crippen LogP contribution in [0, 0.1) is 29.1 Å². The van der Waals surface area contributed by atoms with Crippen molar-refractivity contribution in [2.45, 2.75) is 13.0 Å². The fraction of sp³-hybridized carbons (Fsp3) is 0.222. The van der Waals surface area contributed by atoms with E-state index in [1.165, 1.54) is 13.0 Å². The summed E-state index contributed by atoms with van der Waals surface area (Å²) in [6, 6.07) is 2.16. The molecule has 10 heteroatoms. The molecule has 1 aliphatic heterocycles. The zero-order valence-corrected chi connectivity index (χ0v) is 14.5. The molecule has 0 bridgehead atoms. The van der Waals surface area contributed by atoms with Gasteiger partial charge in [-0.2, -0.15) is 0 Å². The molecule has 0 aromatic heterocycles. The van der Waals surface area contributed by atoms with E-state index in [2.05, 4.69) is 4.74 Å². The van der Waals surface area contributed by atoms with Crippen LogP contribution in [-0.4, -0.2) is 31.6 Å². The van der Waals surface area contributed by atoms with E-state index in [0.717, 1.165) is 24.1 Å². The number of nitrogens with zero attached hydrogens (tertiary/aromatic N) is 1. The van der Waals surface area contributed by atoms with Gasteiger partial charge in [-0.05, 0) is 24.6 Å². The van der Waals surface area contributed by atoms with Crippen LogP contribution < -0.4 is 9.64 Å². The normalized spacial score (nSPS) is 14.4. The Bertz CT molecular complexity index is 965. The lowest BCUT2D eigenvalue weighted by atomic mass is 10.0. The van der Waals surface area contributed by atoms with Gasteiger partial charge < -0.3 is 9.47 Å². The number of ether oxygens (including phenoxy) is 2. The van der Waals surface area contributed by atoms with Crippen LogP contribution >= 0.6 is 0 Å². The number of hydrogen-bond acceptors (Lipinski definition) is 4. The summed E-state index contributed by atoms with van der Waals surface area (Å²) in [7, 11) is 1.11. The number of esters is 1. The Morgan fingerprint density at radius 1 is 1.07 bits per heavy atom. The van der Waals surface area contributed by atoms with Crippen LogP contribution in [0.15, 0.2) is 18.2 Å². The Morgan fingerprint density at radius 3 is 2.21 bits per heavy atom. The molecule has 0 saturated heterocycles. The van der Waals surface area contributed by atoms with Crippen LogP contribution in [0.5, 0.6) is 5.75 Å².